The van der Waals surface area contributed by atoms with Crippen LogP contribution in [-0.2, 0) is 6.42 Å². The first-order valence-electron chi connectivity index (χ1n) is 6.45. The van der Waals surface area contributed by atoms with Gasteiger partial charge in [0, 0.05) is 11.6 Å². The number of aliphatic imine (C=N–C) groups is 1. The Morgan fingerprint density at radius 2 is 2.16 bits per heavy atom. The van der Waals surface area contributed by atoms with Gasteiger partial charge < -0.3 is 11.1 Å². The number of anilines is 1. The van der Waals surface area contributed by atoms with E-state index in [0.29, 0.717) is 5.82 Å². The molecule has 1 unspecified atom stereocenters. The van der Waals surface area contributed by atoms with E-state index in [2.05, 4.69) is 47.3 Å². The van der Waals surface area contributed by atoms with Crippen LogP contribution in [0.4, 0.5) is 11.5 Å². The number of aryl methyl sites for hydroxylation is 1. The topological polar surface area (TPSA) is 63.3 Å². The first kappa shape index (κ1) is 12.1. The minimum atomic E-state index is -0.126. The van der Waals surface area contributed by atoms with E-state index in [-0.39, 0.29) is 5.54 Å². The van der Waals surface area contributed by atoms with E-state index in [0.717, 1.165) is 23.0 Å². The van der Waals surface area contributed by atoms with Crippen molar-refractivity contribution in [3.63, 3.8) is 0 Å². The molecule has 3 rings (SSSR count). The van der Waals surface area contributed by atoms with Gasteiger partial charge in [0.1, 0.15) is 11.5 Å². The number of nitrogen functional groups attached to an aromatic ring is 1. The number of hydrogen-bond donors (Lipinski definition) is 2. The zero-order valence-corrected chi connectivity index (χ0v) is 11.5. The summed E-state index contributed by atoms with van der Waals surface area (Å²) >= 11 is 0. The number of benzene rings is 1. The summed E-state index contributed by atoms with van der Waals surface area (Å²) < 4.78 is 0. The number of likely N-dealkylation sites (N-methyl/N-ethyl adjacent to an activating group) is 1. The van der Waals surface area contributed by atoms with Gasteiger partial charge in [-0.15, -0.1) is 0 Å². The van der Waals surface area contributed by atoms with Gasteiger partial charge in [-0.2, -0.15) is 0 Å². The summed E-state index contributed by atoms with van der Waals surface area (Å²) in [6, 6.07) is 6.30. The van der Waals surface area contributed by atoms with Crippen LogP contribution in [0.3, 0.4) is 0 Å². The number of aromatic nitrogens is 1. The van der Waals surface area contributed by atoms with Crippen molar-refractivity contribution >= 4 is 28.6 Å². The number of hydrogen-bond acceptors (Lipinski definition) is 4. The molecule has 3 N–H and O–H groups in total. The predicted octanol–water partition coefficient (Wildman–Crippen LogP) is 2.36. The van der Waals surface area contributed by atoms with Crippen molar-refractivity contribution in [2.24, 2.45) is 4.99 Å². The Bertz CT molecular complexity index is 690. The maximum atomic E-state index is 6.04. The van der Waals surface area contributed by atoms with Gasteiger partial charge in [-0.25, -0.2) is 4.98 Å². The lowest BCUT2D eigenvalue weighted by Crippen LogP contribution is -2.44. The second-order valence-electron chi connectivity index (χ2n) is 5.45. The van der Waals surface area contributed by atoms with Gasteiger partial charge in [-0.05, 0) is 44.5 Å². The van der Waals surface area contributed by atoms with E-state index in [9.17, 15) is 0 Å². The van der Waals surface area contributed by atoms with Crippen molar-refractivity contribution in [3.05, 3.63) is 29.3 Å². The summed E-state index contributed by atoms with van der Waals surface area (Å²) in [5.74, 6) is 0.516. The summed E-state index contributed by atoms with van der Waals surface area (Å²) in [6.07, 6.45) is 2.79. The van der Waals surface area contributed by atoms with Crippen LogP contribution < -0.4 is 11.1 Å². The summed E-state index contributed by atoms with van der Waals surface area (Å²) in [6.45, 7) is 4.20. The molecule has 4 nitrogen and oxygen atoms in total. The number of pyridine rings is 1. The fraction of sp³-hybridized carbons (Fsp3) is 0.333. The Kier molecular flexibility index (Phi) is 2.57. The molecule has 19 heavy (non-hydrogen) atoms. The lowest BCUT2D eigenvalue weighted by atomic mass is 9.88. The minimum absolute atomic E-state index is 0.126. The molecule has 0 fully saturated rings. The van der Waals surface area contributed by atoms with Crippen LogP contribution in [-0.4, -0.2) is 23.8 Å². The maximum Gasteiger partial charge on any atom is 0.150 e. The lowest BCUT2D eigenvalue weighted by Gasteiger charge is -2.30. The molecule has 2 heterocycles. The number of fused-ring (bicyclic) bond motifs is 3. The number of nitrogens with two attached hydrogens (primary N) is 1. The Morgan fingerprint density at radius 3 is 2.89 bits per heavy atom. The zero-order valence-electron chi connectivity index (χ0n) is 11.5. The quantitative estimate of drug-likeness (QED) is 0.821. The molecule has 0 spiro atoms. The molecule has 0 saturated carbocycles. The van der Waals surface area contributed by atoms with Crippen LogP contribution in [0.1, 0.15) is 18.1 Å². The molecule has 0 aliphatic carbocycles. The molecule has 1 aromatic heterocycles. The fourth-order valence-corrected chi connectivity index (χ4v) is 2.55. The van der Waals surface area contributed by atoms with Gasteiger partial charge in [0.05, 0.1) is 11.1 Å². The summed E-state index contributed by atoms with van der Waals surface area (Å²) in [7, 11) is 1.95. The van der Waals surface area contributed by atoms with E-state index >= 15 is 0 Å². The average Bonchev–Trinajstić information content (AvgIpc) is 2.38. The van der Waals surface area contributed by atoms with E-state index < -0.39 is 0 Å². The van der Waals surface area contributed by atoms with Crippen LogP contribution in [0.5, 0.6) is 0 Å². The van der Waals surface area contributed by atoms with Crippen LogP contribution in [0.15, 0.2) is 23.2 Å². The van der Waals surface area contributed by atoms with Crippen LogP contribution in [0, 0.1) is 6.92 Å². The predicted molar refractivity (Wildman–Crippen MR) is 80.2 cm³/mol. The summed E-state index contributed by atoms with van der Waals surface area (Å²) in [4.78, 5) is 8.98. The van der Waals surface area contributed by atoms with Gasteiger partial charge in [0.25, 0.3) is 0 Å². The molecule has 98 valence electrons. The first-order valence-corrected chi connectivity index (χ1v) is 6.45. The molecule has 0 radical (unpaired) electrons. The lowest BCUT2D eigenvalue weighted by molar-refractivity contribution is 0.517. The molecule has 2 aromatic rings. The molecule has 1 aliphatic rings. The zero-order chi connectivity index (χ0) is 13.6. The third-order valence-electron chi connectivity index (χ3n) is 3.84. The molecule has 0 bridgehead atoms. The maximum absolute atomic E-state index is 6.04. The Labute approximate surface area is 112 Å². The van der Waals surface area contributed by atoms with Gasteiger partial charge in [-0.1, -0.05) is 12.1 Å². The van der Waals surface area contributed by atoms with E-state index in [1.165, 1.54) is 11.1 Å². The SMILES string of the molecule is CNC1(C)C=Nc2c(N)nc3cc(C)ccc3c2C1. The molecular formula is C15H18N4. The van der Waals surface area contributed by atoms with E-state index in [1.807, 2.05) is 13.3 Å². The van der Waals surface area contributed by atoms with Crippen molar-refractivity contribution in [1.29, 1.82) is 0 Å². The minimum Gasteiger partial charge on any atom is -0.382 e. The summed E-state index contributed by atoms with van der Waals surface area (Å²) in [5, 5.41) is 4.45. The van der Waals surface area contributed by atoms with Crippen molar-refractivity contribution in [2.75, 3.05) is 12.8 Å². The number of rotatable bonds is 1. The Morgan fingerprint density at radius 1 is 1.37 bits per heavy atom. The highest BCUT2D eigenvalue weighted by Gasteiger charge is 2.28. The normalized spacial score (nSPS) is 21.6. The highest BCUT2D eigenvalue weighted by Crippen LogP contribution is 2.37. The molecule has 1 aromatic carbocycles. The van der Waals surface area contributed by atoms with Crippen LogP contribution >= 0.6 is 0 Å². The van der Waals surface area contributed by atoms with Crippen molar-refractivity contribution in [3.8, 4) is 0 Å². The average molecular weight is 254 g/mol. The van der Waals surface area contributed by atoms with Gasteiger partial charge in [0.2, 0.25) is 0 Å². The van der Waals surface area contributed by atoms with E-state index in [1.54, 1.807) is 0 Å². The standard InChI is InChI=1S/C15H18N4/c1-9-4-5-10-11-7-15(2,17-3)8-18-13(11)14(16)19-12(10)6-9/h4-6,8,17H,7H2,1-3H3,(H2,16,19). The highest BCUT2D eigenvalue weighted by atomic mass is 15.0. The highest BCUT2D eigenvalue weighted by molar-refractivity contribution is 5.94. The summed E-state index contributed by atoms with van der Waals surface area (Å²) in [5.41, 5.74) is 10.1. The van der Waals surface area contributed by atoms with Crippen LogP contribution in [0.25, 0.3) is 10.9 Å². The Balaban J connectivity index is 2.30. The van der Waals surface area contributed by atoms with Crippen molar-refractivity contribution in [2.45, 2.75) is 25.8 Å². The Hall–Kier alpha value is -1.94. The van der Waals surface area contributed by atoms with E-state index in [4.69, 9.17) is 5.73 Å². The number of nitrogens with zero attached hydrogens (tertiary/aromatic N) is 2. The molecule has 1 aliphatic heterocycles. The third-order valence-corrected chi connectivity index (χ3v) is 3.84. The monoisotopic (exact) mass is 254 g/mol. The first-order chi connectivity index (χ1) is 9.02. The van der Waals surface area contributed by atoms with Gasteiger partial charge in [-0.3, -0.25) is 4.99 Å². The second kappa shape index (κ2) is 4.03. The third kappa shape index (κ3) is 1.88. The number of nitrogens with one attached hydrogen (secondary N) is 1. The smallest absolute Gasteiger partial charge is 0.150 e. The van der Waals surface area contributed by atoms with Crippen LogP contribution in [0.2, 0.25) is 0 Å². The molecule has 0 saturated heterocycles. The molecular weight excluding hydrogens is 236 g/mol. The van der Waals surface area contributed by atoms with Crippen molar-refractivity contribution in [1.82, 2.24) is 10.3 Å². The molecule has 0 amide bonds. The fourth-order valence-electron chi connectivity index (χ4n) is 2.55. The van der Waals surface area contributed by atoms with Gasteiger partial charge >= 0.3 is 0 Å². The molecule has 1 atom stereocenters. The van der Waals surface area contributed by atoms with Crippen molar-refractivity contribution < 1.29 is 0 Å². The van der Waals surface area contributed by atoms with Gasteiger partial charge in [0.15, 0.2) is 0 Å². The second-order valence-corrected chi connectivity index (χ2v) is 5.45. The largest absolute Gasteiger partial charge is 0.382 e. The molecule has 4 heteroatoms.